The van der Waals surface area contributed by atoms with Gasteiger partial charge in [0.25, 0.3) is 0 Å². The predicted molar refractivity (Wildman–Crippen MR) is 93.2 cm³/mol. The average molecular weight is 347 g/mol. The molecular formula is C18H26N4OS. The van der Waals surface area contributed by atoms with Crippen LogP contribution in [0.4, 0.5) is 0 Å². The molecule has 1 aromatic rings. The minimum atomic E-state index is 0.327. The molecule has 1 amide bonds. The Morgan fingerprint density at radius 1 is 1.12 bits per heavy atom. The predicted octanol–water partition coefficient (Wildman–Crippen LogP) is 3.42. The number of aromatic amines is 1. The highest BCUT2D eigenvalue weighted by Crippen LogP contribution is 2.50. The Hall–Kier alpha value is -1.17. The van der Waals surface area contributed by atoms with E-state index >= 15 is 0 Å². The topological polar surface area (TPSA) is 53.9 Å². The second-order valence-electron chi connectivity index (χ2n) is 8.31. The molecule has 3 aliphatic carbocycles. The Balaban J connectivity index is 1.34. The first-order valence-corrected chi connectivity index (χ1v) is 10.1. The van der Waals surface area contributed by atoms with Crippen molar-refractivity contribution in [3.8, 4) is 0 Å². The minimum absolute atomic E-state index is 0.327. The fourth-order valence-corrected chi connectivity index (χ4v) is 4.88. The standard InChI is InChI=1S/C18H26N4OS/c23-17(15(11-3-4-11)12-5-6-12)21-9-1-2-13(10-21)16-19-20-18(24)22(16)14-7-8-14/h11-15H,1-10H2,(H,20,24). The van der Waals surface area contributed by atoms with Gasteiger partial charge >= 0.3 is 0 Å². The number of hydrogen-bond donors (Lipinski definition) is 1. The van der Waals surface area contributed by atoms with Crippen molar-refractivity contribution in [3.05, 3.63) is 10.6 Å². The molecule has 24 heavy (non-hydrogen) atoms. The van der Waals surface area contributed by atoms with Crippen LogP contribution in [0.25, 0.3) is 0 Å². The van der Waals surface area contributed by atoms with Gasteiger partial charge in [-0.25, -0.2) is 0 Å². The molecule has 4 aliphatic rings. The number of carbonyl (C=O) groups excluding carboxylic acids is 1. The number of amides is 1. The van der Waals surface area contributed by atoms with Gasteiger partial charge in [0, 0.05) is 31.0 Å². The molecule has 1 saturated heterocycles. The maximum Gasteiger partial charge on any atom is 0.226 e. The summed E-state index contributed by atoms with van der Waals surface area (Å²) in [5.74, 6) is 3.58. The molecule has 0 bridgehead atoms. The molecule has 2 heterocycles. The van der Waals surface area contributed by atoms with Crippen molar-refractivity contribution in [3.63, 3.8) is 0 Å². The molecule has 0 radical (unpaired) electrons. The van der Waals surface area contributed by atoms with Crippen LogP contribution >= 0.6 is 12.2 Å². The Morgan fingerprint density at radius 3 is 2.46 bits per heavy atom. The van der Waals surface area contributed by atoms with Crippen molar-refractivity contribution in [1.29, 1.82) is 0 Å². The summed E-state index contributed by atoms with van der Waals surface area (Å²) in [4.78, 5) is 15.3. The maximum absolute atomic E-state index is 13.1. The molecule has 1 atom stereocenters. The lowest BCUT2D eigenvalue weighted by atomic mass is 9.92. The van der Waals surface area contributed by atoms with Crippen LogP contribution in [-0.4, -0.2) is 38.7 Å². The number of nitrogens with one attached hydrogen (secondary N) is 1. The van der Waals surface area contributed by atoms with Gasteiger partial charge < -0.3 is 9.47 Å². The molecule has 4 fully saturated rings. The van der Waals surface area contributed by atoms with Gasteiger partial charge in [-0.2, -0.15) is 5.10 Å². The Labute approximate surface area is 147 Å². The van der Waals surface area contributed by atoms with Gasteiger partial charge in [-0.1, -0.05) is 0 Å². The van der Waals surface area contributed by atoms with E-state index in [0.717, 1.165) is 36.5 Å². The summed E-state index contributed by atoms with van der Waals surface area (Å²) in [6.07, 6.45) is 9.70. The highest BCUT2D eigenvalue weighted by molar-refractivity contribution is 7.71. The van der Waals surface area contributed by atoms with Crippen molar-refractivity contribution in [2.24, 2.45) is 17.8 Å². The van der Waals surface area contributed by atoms with E-state index in [1.165, 1.54) is 38.5 Å². The zero-order valence-corrected chi connectivity index (χ0v) is 14.9. The molecular weight excluding hydrogens is 320 g/mol. The minimum Gasteiger partial charge on any atom is -0.342 e. The summed E-state index contributed by atoms with van der Waals surface area (Å²) >= 11 is 5.43. The monoisotopic (exact) mass is 346 g/mol. The van der Waals surface area contributed by atoms with Gasteiger partial charge in [-0.3, -0.25) is 9.89 Å². The fourth-order valence-electron chi connectivity index (χ4n) is 4.59. The van der Waals surface area contributed by atoms with Gasteiger partial charge in [0.05, 0.1) is 0 Å². The smallest absolute Gasteiger partial charge is 0.226 e. The third-order valence-electron chi connectivity index (χ3n) is 6.29. The summed E-state index contributed by atoms with van der Waals surface area (Å²) in [7, 11) is 0. The van der Waals surface area contributed by atoms with E-state index in [2.05, 4.69) is 19.7 Å². The third-order valence-corrected chi connectivity index (χ3v) is 6.57. The van der Waals surface area contributed by atoms with Crippen LogP contribution in [0.5, 0.6) is 0 Å². The van der Waals surface area contributed by atoms with Crippen LogP contribution in [0, 0.1) is 22.5 Å². The lowest BCUT2D eigenvalue weighted by Gasteiger charge is -2.35. The number of carbonyl (C=O) groups is 1. The third kappa shape index (κ3) is 2.72. The normalized spacial score (nSPS) is 27.7. The Morgan fingerprint density at radius 2 is 1.83 bits per heavy atom. The van der Waals surface area contributed by atoms with Crippen molar-refractivity contribution in [1.82, 2.24) is 19.7 Å². The second kappa shape index (κ2) is 5.68. The first-order chi connectivity index (χ1) is 11.7. The van der Waals surface area contributed by atoms with Gasteiger partial charge in [-0.05, 0) is 75.4 Å². The second-order valence-corrected chi connectivity index (χ2v) is 8.70. The van der Waals surface area contributed by atoms with E-state index in [0.29, 0.717) is 35.6 Å². The SMILES string of the molecule is O=C(C(C1CC1)C1CC1)N1CCCC(c2n[nH]c(=S)n2C2CC2)C1. The first kappa shape index (κ1) is 15.1. The van der Waals surface area contributed by atoms with Gasteiger partial charge in [0.2, 0.25) is 5.91 Å². The van der Waals surface area contributed by atoms with E-state index in [1.807, 2.05) is 0 Å². The summed E-state index contributed by atoms with van der Waals surface area (Å²) in [5.41, 5.74) is 0. The van der Waals surface area contributed by atoms with Crippen LogP contribution < -0.4 is 0 Å². The lowest BCUT2D eigenvalue weighted by molar-refractivity contribution is -0.138. The Kier molecular flexibility index (Phi) is 3.58. The molecule has 0 aromatic carbocycles. The lowest BCUT2D eigenvalue weighted by Crippen LogP contribution is -2.44. The number of H-pyrrole nitrogens is 1. The highest BCUT2D eigenvalue weighted by atomic mass is 32.1. The van der Waals surface area contributed by atoms with E-state index < -0.39 is 0 Å². The summed E-state index contributed by atoms with van der Waals surface area (Å²) in [6.45, 7) is 1.76. The fraction of sp³-hybridized carbons (Fsp3) is 0.833. The number of rotatable bonds is 5. The largest absolute Gasteiger partial charge is 0.342 e. The molecule has 5 nitrogen and oxygen atoms in total. The summed E-state index contributed by atoms with van der Waals surface area (Å²) in [5, 5.41) is 7.53. The average Bonchev–Trinajstić information content (AvgIpc) is 3.44. The van der Waals surface area contributed by atoms with E-state index in [9.17, 15) is 4.79 Å². The van der Waals surface area contributed by atoms with E-state index in [4.69, 9.17) is 12.2 Å². The maximum atomic E-state index is 13.1. The van der Waals surface area contributed by atoms with Gasteiger partial charge in [-0.15, -0.1) is 0 Å². The number of hydrogen-bond acceptors (Lipinski definition) is 3. The van der Waals surface area contributed by atoms with Crippen LogP contribution in [0.2, 0.25) is 0 Å². The molecule has 3 saturated carbocycles. The summed E-state index contributed by atoms with van der Waals surface area (Å²) in [6, 6.07) is 0.544. The zero-order chi connectivity index (χ0) is 16.3. The van der Waals surface area contributed by atoms with Crippen LogP contribution in [0.1, 0.15) is 69.2 Å². The molecule has 0 spiro atoms. The van der Waals surface area contributed by atoms with Gasteiger partial charge in [0.1, 0.15) is 5.82 Å². The van der Waals surface area contributed by atoms with Crippen LogP contribution in [-0.2, 0) is 4.79 Å². The van der Waals surface area contributed by atoms with E-state index in [1.54, 1.807) is 0 Å². The first-order valence-electron chi connectivity index (χ1n) is 9.68. The highest BCUT2D eigenvalue weighted by Gasteiger charge is 2.47. The molecule has 6 heteroatoms. The number of aromatic nitrogens is 3. The quantitative estimate of drug-likeness (QED) is 0.831. The molecule has 130 valence electrons. The molecule has 1 aliphatic heterocycles. The van der Waals surface area contributed by atoms with Crippen molar-refractivity contribution in [2.75, 3.05) is 13.1 Å². The van der Waals surface area contributed by atoms with Crippen molar-refractivity contribution >= 4 is 18.1 Å². The molecule has 1 aromatic heterocycles. The number of nitrogens with zero attached hydrogens (tertiary/aromatic N) is 3. The number of piperidine rings is 1. The molecule has 1 unspecified atom stereocenters. The summed E-state index contributed by atoms with van der Waals surface area (Å²) < 4.78 is 2.98. The van der Waals surface area contributed by atoms with E-state index in [-0.39, 0.29) is 0 Å². The Bertz CT molecular complexity index is 686. The van der Waals surface area contributed by atoms with Crippen LogP contribution in [0.15, 0.2) is 0 Å². The number of likely N-dealkylation sites (tertiary alicyclic amines) is 1. The van der Waals surface area contributed by atoms with Crippen LogP contribution in [0.3, 0.4) is 0 Å². The van der Waals surface area contributed by atoms with Crippen molar-refractivity contribution in [2.45, 2.75) is 63.3 Å². The molecule has 1 N–H and O–H groups in total. The molecule has 5 rings (SSSR count). The zero-order valence-electron chi connectivity index (χ0n) is 14.1. The van der Waals surface area contributed by atoms with Crippen molar-refractivity contribution < 1.29 is 4.79 Å². The van der Waals surface area contributed by atoms with Gasteiger partial charge in [0.15, 0.2) is 4.77 Å².